The van der Waals surface area contributed by atoms with Crippen molar-refractivity contribution in [3.8, 4) is 0 Å². The van der Waals surface area contributed by atoms with Crippen LogP contribution in [0.25, 0.3) is 0 Å². The molecular weight excluding hydrogens is 222 g/mol. The van der Waals surface area contributed by atoms with E-state index in [4.69, 9.17) is 5.73 Å². The Morgan fingerprint density at radius 3 is 2.59 bits per heavy atom. The molecule has 0 radical (unpaired) electrons. The Labute approximate surface area is 100 Å². The van der Waals surface area contributed by atoms with Gasteiger partial charge in [0.2, 0.25) is 0 Å². The lowest BCUT2D eigenvalue weighted by molar-refractivity contribution is 0.469. The fourth-order valence-corrected chi connectivity index (χ4v) is 1.91. The van der Waals surface area contributed by atoms with Crippen molar-refractivity contribution in [2.45, 2.75) is 19.3 Å². The molecule has 0 heterocycles. The zero-order valence-electron chi connectivity index (χ0n) is 9.81. The van der Waals surface area contributed by atoms with Crippen LogP contribution in [-0.2, 0) is 6.42 Å². The van der Waals surface area contributed by atoms with E-state index in [0.29, 0.717) is 11.8 Å². The number of hydrogen-bond acceptors (Lipinski definition) is 2. The third kappa shape index (κ3) is 3.23. The van der Waals surface area contributed by atoms with E-state index in [0.717, 1.165) is 25.2 Å². The number of hydrogen-bond donors (Lipinski definition) is 2. The average molecular weight is 240 g/mol. The molecule has 1 aromatic rings. The van der Waals surface area contributed by atoms with Gasteiger partial charge in [0.15, 0.2) is 11.6 Å². The minimum atomic E-state index is -0.790. The number of nitrogens with one attached hydrogen (secondary N) is 1. The van der Waals surface area contributed by atoms with Gasteiger partial charge in [-0.05, 0) is 55.5 Å². The van der Waals surface area contributed by atoms with Crippen LogP contribution >= 0.6 is 0 Å². The molecule has 0 aromatic heterocycles. The molecule has 0 atom stereocenters. The fourth-order valence-electron chi connectivity index (χ4n) is 1.91. The van der Waals surface area contributed by atoms with E-state index in [1.165, 1.54) is 25.0 Å². The SMILES string of the molecule is NCC1(CNCCc2ccc(F)c(F)c2)CC1. The Kier molecular flexibility index (Phi) is 3.74. The van der Waals surface area contributed by atoms with Gasteiger partial charge >= 0.3 is 0 Å². The van der Waals surface area contributed by atoms with Crippen molar-refractivity contribution in [2.75, 3.05) is 19.6 Å². The van der Waals surface area contributed by atoms with Crippen LogP contribution in [0.5, 0.6) is 0 Å². The molecule has 1 saturated carbocycles. The fraction of sp³-hybridized carbons (Fsp3) is 0.538. The molecule has 94 valence electrons. The van der Waals surface area contributed by atoms with Crippen molar-refractivity contribution in [3.63, 3.8) is 0 Å². The van der Waals surface area contributed by atoms with Gasteiger partial charge in [-0.3, -0.25) is 0 Å². The number of benzene rings is 1. The van der Waals surface area contributed by atoms with Gasteiger partial charge < -0.3 is 11.1 Å². The van der Waals surface area contributed by atoms with E-state index in [9.17, 15) is 8.78 Å². The Hall–Kier alpha value is -1.00. The van der Waals surface area contributed by atoms with Gasteiger partial charge in [-0.1, -0.05) is 6.07 Å². The number of halogens is 2. The summed E-state index contributed by atoms with van der Waals surface area (Å²) in [4.78, 5) is 0. The van der Waals surface area contributed by atoms with E-state index < -0.39 is 11.6 Å². The van der Waals surface area contributed by atoms with Crippen molar-refractivity contribution < 1.29 is 8.78 Å². The van der Waals surface area contributed by atoms with Gasteiger partial charge in [-0.25, -0.2) is 8.78 Å². The van der Waals surface area contributed by atoms with Crippen molar-refractivity contribution in [3.05, 3.63) is 35.4 Å². The Bertz CT molecular complexity index is 389. The first kappa shape index (κ1) is 12.5. The van der Waals surface area contributed by atoms with Crippen LogP contribution in [0.3, 0.4) is 0 Å². The highest BCUT2D eigenvalue weighted by Crippen LogP contribution is 2.43. The second kappa shape index (κ2) is 5.10. The maximum Gasteiger partial charge on any atom is 0.159 e. The monoisotopic (exact) mass is 240 g/mol. The lowest BCUT2D eigenvalue weighted by Gasteiger charge is -2.13. The first-order valence-electron chi connectivity index (χ1n) is 6.00. The third-order valence-electron chi connectivity index (χ3n) is 3.46. The molecule has 1 aromatic carbocycles. The molecule has 17 heavy (non-hydrogen) atoms. The summed E-state index contributed by atoms with van der Waals surface area (Å²) in [6.07, 6.45) is 3.10. The minimum Gasteiger partial charge on any atom is -0.330 e. The summed E-state index contributed by atoms with van der Waals surface area (Å²) < 4.78 is 25.6. The Morgan fingerprint density at radius 2 is 2.00 bits per heavy atom. The normalized spacial score (nSPS) is 17.1. The highest BCUT2D eigenvalue weighted by molar-refractivity contribution is 5.18. The minimum absolute atomic E-state index is 0.314. The van der Waals surface area contributed by atoms with E-state index in [2.05, 4.69) is 5.32 Å². The highest BCUT2D eigenvalue weighted by atomic mass is 19.2. The van der Waals surface area contributed by atoms with Crippen LogP contribution in [-0.4, -0.2) is 19.6 Å². The summed E-state index contributed by atoms with van der Waals surface area (Å²) in [6.45, 7) is 2.42. The van der Waals surface area contributed by atoms with Crippen LogP contribution in [0.1, 0.15) is 18.4 Å². The molecule has 1 fully saturated rings. The van der Waals surface area contributed by atoms with Crippen LogP contribution < -0.4 is 11.1 Å². The lowest BCUT2D eigenvalue weighted by atomic mass is 10.1. The summed E-state index contributed by atoms with van der Waals surface area (Å²) in [6, 6.07) is 4.05. The topological polar surface area (TPSA) is 38.0 Å². The van der Waals surface area contributed by atoms with E-state index >= 15 is 0 Å². The first-order valence-corrected chi connectivity index (χ1v) is 6.00. The first-order chi connectivity index (χ1) is 8.15. The molecular formula is C13H18F2N2. The molecule has 0 bridgehead atoms. The Balaban J connectivity index is 1.73. The summed E-state index contributed by atoms with van der Waals surface area (Å²) in [5.41, 5.74) is 6.79. The maximum absolute atomic E-state index is 12.9. The Morgan fingerprint density at radius 1 is 1.24 bits per heavy atom. The number of nitrogens with two attached hydrogens (primary N) is 1. The third-order valence-corrected chi connectivity index (χ3v) is 3.46. The van der Waals surface area contributed by atoms with Crippen molar-refractivity contribution in [1.29, 1.82) is 0 Å². The van der Waals surface area contributed by atoms with Gasteiger partial charge in [0.05, 0.1) is 0 Å². The maximum atomic E-state index is 12.9. The van der Waals surface area contributed by atoms with E-state index in [-0.39, 0.29) is 0 Å². The molecule has 4 heteroatoms. The second-order valence-corrected chi connectivity index (χ2v) is 4.88. The zero-order valence-corrected chi connectivity index (χ0v) is 9.81. The molecule has 2 nitrogen and oxygen atoms in total. The summed E-state index contributed by atoms with van der Waals surface area (Å²) >= 11 is 0. The van der Waals surface area contributed by atoms with Gasteiger partial charge in [0, 0.05) is 6.54 Å². The van der Waals surface area contributed by atoms with Crippen LogP contribution in [0, 0.1) is 17.0 Å². The van der Waals surface area contributed by atoms with Gasteiger partial charge in [0.1, 0.15) is 0 Å². The molecule has 0 saturated heterocycles. The zero-order chi connectivity index (χ0) is 12.3. The van der Waals surface area contributed by atoms with Gasteiger partial charge in [-0.2, -0.15) is 0 Å². The van der Waals surface area contributed by atoms with E-state index in [1.54, 1.807) is 6.07 Å². The van der Waals surface area contributed by atoms with Gasteiger partial charge in [-0.15, -0.1) is 0 Å². The molecule has 0 unspecified atom stereocenters. The number of rotatable bonds is 6. The predicted octanol–water partition coefficient (Wildman–Crippen LogP) is 1.84. The molecule has 0 spiro atoms. The van der Waals surface area contributed by atoms with Crippen LogP contribution in [0.15, 0.2) is 18.2 Å². The molecule has 0 amide bonds. The summed E-state index contributed by atoms with van der Waals surface area (Å²) in [5, 5.41) is 3.33. The molecule has 3 N–H and O–H groups in total. The van der Waals surface area contributed by atoms with Crippen molar-refractivity contribution in [1.82, 2.24) is 5.32 Å². The second-order valence-electron chi connectivity index (χ2n) is 4.88. The molecule has 0 aliphatic heterocycles. The van der Waals surface area contributed by atoms with Crippen LogP contribution in [0.2, 0.25) is 0 Å². The largest absolute Gasteiger partial charge is 0.330 e. The molecule has 2 rings (SSSR count). The molecule has 1 aliphatic carbocycles. The van der Waals surface area contributed by atoms with Crippen molar-refractivity contribution >= 4 is 0 Å². The summed E-state index contributed by atoms with van der Waals surface area (Å²) in [7, 11) is 0. The standard InChI is InChI=1S/C13H18F2N2/c14-11-2-1-10(7-12(11)15)3-6-17-9-13(8-16)4-5-13/h1-2,7,17H,3-6,8-9,16H2. The lowest BCUT2D eigenvalue weighted by Crippen LogP contribution is -2.30. The summed E-state index contributed by atoms with van der Waals surface area (Å²) in [5.74, 6) is -1.56. The average Bonchev–Trinajstić information content (AvgIpc) is 3.10. The quantitative estimate of drug-likeness (QED) is 0.745. The smallest absolute Gasteiger partial charge is 0.159 e. The van der Waals surface area contributed by atoms with Crippen molar-refractivity contribution in [2.24, 2.45) is 11.1 Å². The predicted molar refractivity (Wildman–Crippen MR) is 63.7 cm³/mol. The van der Waals surface area contributed by atoms with Gasteiger partial charge in [0.25, 0.3) is 0 Å². The molecule has 1 aliphatic rings. The van der Waals surface area contributed by atoms with E-state index in [1.807, 2.05) is 0 Å². The van der Waals surface area contributed by atoms with Crippen LogP contribution in [0.4, 0.5) is 8.78 Å². The highest BCUT2D eigenvalue weighted by Gasteiger charge is 2.40.